The van der Waals surface area contributed by atoms with Gasteiger partial charge in [-0.15, -0.1) is 6.42 Å². The molecule has 0 spiro atoms. The Kier molecular flexibility index (Phi) is 7.13. The molecule has 3 nitrogen and oxygen atoms in total. The lowest BCUT2D eigenvalue weighted by Crippen LogP contribution is -2.08. The van der Waals surface area contributed by atoms with E-state index in [1.165, 1.54) is 6.42 Å². The van der Waals surface area contributed by atoms with Crippen molar-refractivity contribution >= 4 is 0 Å². The fourth-order valence-corrected chi connectivity index (χ4v) is 1.08. The Morgan fingerprint density at radius 3 is 2.47 bits per heavy atom. The summed E-state index contributed by atoms with van der Waals surface area (Å²) in [5.74, 6) is 3.65. The summed E-state index contributed by atoms with van der Waals surface area (Å²) in [7, 11) is 0. The first-order valence-electron chi connectivity index (χ1n) is 5.94. The zero-order chi connectivity index (χ0) is 13.3. The van der Waals surface area contributed by atoms with Crippen LogP contribution < -0.4 is 4.74 Å². The van der Waals surface area contributed by atoms with E-state index in [1.54, 1.807) is 6.07 Å². The molecular weight excluding hydrogens is 214 g/mol. The van der Waals surface area contributed by atoms with Gasteiger partial charge in [0.1, 0.15) is 5.76 Å². The third-order valence-electron chi connectivity index (χ3n) is 1.55. The summed E-state index contributed by atoms with van der Waals surface area (Å²) in [5.41, 5.74) is 0.183. The Balaban J connectivity index is 0.000000770. The van der Waals surface area contributed by atoms with Gasteiger partial charge in [-0.1, -0.05) is 47.0 Å². The first-order valence-corrected chi connectivity index (χ1v) is 5.94. The van der Waals surface area contributed by atoms with E-state index in [0.29, 0.717) is 5.88 Å². The molecule has 0 fully saturated rings. The molecule has 96 valence electrons. The highest BCUT2D eigenvalue weighted by Gasteiger charge is 2.15. The number of nitrogens with zero attached hydrogens (tertiary/aromatic N) is 1. The fraction of sp³-hybridized carbons (Fsp3) is 0.643. The van der Waals surface area contributed by atoms with Crippen LogP contribution in [0.25, 0.3) is 0 Å². The molecule has 0 unspecified atom stereocenters. The van der Waals surface area contributed by atoms with Crippen LogP contribution in [-0.2, 0) is 6.42 Å². The van der Waals surface area contributed by atoms with Gasteiger partial charge in [-0.25, -0.2) is 0 Å². The first-order chi connectivity index (χ1) is 7.92. The molecule has 3 heteroatoms. The topological polar surface area (TPSA) is 35.3 Å². The van der Waals surface area contributed by atoms with Crippen LogP contribution in [-0.4, -0.2) is 11.8 Å². The van der Waals surface area contributed by atoms with E-state index in [1.807, 2.05) is 0 Å². The molecule has 0 aliphatic carbocycles. The lowest BCUT2D eigenvalue weighted by molar-refractivity contribution is 0.289. The van der Waals surface area contributed by atoms with Crippen LogP contribution in [0.3, 0.4) is 0 Å². The van der Waals surface area contributed by atoms with Crippen molar-refractivity contribution in [2.75, 3.05) is 6.61 Å². The maximum atomic E-state index is 5.11. The SMILES string of the molecule is C#CCOc1cc(CC(C)(C)C)on1.CCC. The minimum absolute atomic E-state index is 0.183. The fourth-order valence-electron chi connectivity index (χ4n) is 1.08. The molecule has 1 aromatic rings. The quantitative estimate of drug-likeness (QED) is 0.752. The minimum atomic E-state index is 0.183. The third-order valence-corrected chi connectivity index (χ3v) is 1.55. The molecule has 0 saturated carbocycles. The van der Waals surface area contributed by atoms with E-state index in [4.69, 9.17) is 15.7 Å². The highest BCUT2D eigenvalue weighted by Crippen LogP contribution is 2.22. The van der Waals surface area contributed by atoms with E-state index in [-0.39, 0.29) is 12.0 Å². The second-order valence-electron chi connectivity index (χ2n) is 5.07. The van der Waals surface area contributed by atoms with Gasteiger partial charge >= 0.3 is 0 Å². The zero-order valence-electron chi connectivity index (χ0n) is 11.5. The standard InChI is InChI=1S/C11H15NO2.C3H8/c1-5-6-13-10-7-9(14-12-10)8-11(2,3)4;1-3-2/h1,7H,6,8H2,2-4H3;3H2,1-2H3. The van der Waals surface area contributed by atoms with Crippen molar-refractivity contribution in [3.63, 3.8) is 0 Å². The monoisotopic (exact) mass is 237 g/mol. The summed E-state index contributed by atoms with van der Waals surface area (Å²) in [5, 5.41) is 3.75. The lowest BCUT2D eigenvalue weighted by Gasteiger charge is -2.14. The Hall–Kier alpha value is -1.43. The highest BCUT2D eigenvalue weighted by molar-refractivity contribution is 5.12. The van der Waals surface area contributed by atoms with E-state index >= 15 is 0 Å². The first kappa shape index (κ1) is 15.6. The van der Waals surface area contributed by atoms with Gasteiger partial charge in [-0.2, -0.15) is 0 Å². The molecule has 0 N–H and O–H groups in total. The van der Waals surface area contributed by atoms with Crippen LogP contribution in [0.2, 0.25) is 0 Å². The highest BCUT2D eigenvalue weighted by atomic mass is 16.5. The molecular formula is C14H23NO2. The van der Waals surface area contributed by atoms with Crippen molar-refractivity contribution in [1.29, 1.82) is 0 Å². The van der Waals surface area contributed by atoms with Gasteiger partial charge in [0.2, 0.25) is 0 Å². The maximum absolute atomic E-state index is 5.11. The predicted molar refractivity (Wildman–Crippen MR) is 70.0 cm³/mol. The van der Waals surface area contributed by atoms with E-state index in [9.17, 15) is 0 Å². The van der Waals surface area contributed by atoms with Gasteiger partial charge in [-0.3, -0.25) is 0 Å². The van der Waals surface area contributed by atoms with Gasteiger partial charge in [0.15, 0.2) is 6.61 Å². The molecule has 1 rings (SSSR count). The summed E-state index contributed by atoms with van der Waals surface area (Å²) in [6, 6.07) is 1.78. The van der Waals surface area contributed by atoms with E-state index < -0.39 is 0 Å². The third kappa shape index (κ3) is 8.38. The van der Waals surface area contributed by atoms with Crippen molar-refractivity contribution in [1.82, 2.24) is 5.16 Å². The van der Waals surface area contributed by atoms with Crippen molar-refractivity contribution in [3.8, 4) is 18.2 Å². The molecule has 1 aromatic heterocycles. The van der Waals surface area contributed by atoms with Crippen LogP contribution in [0.4, 0.5) is 0 Å². The summed E-state index contributed by atoms with van der Waals surface area (Å²) < 4.78 is 10.2. The Labute approximate surface area is 105 Å². The van der Waals surface area contributed by atoms with Gasteiger partial charge in [-0.05, 0) is 10.6 Å². The minimum Gasteiger partial charge on any atom is -0.462 e. The molecule has 0 bridgehead atoms. The smallest absolute Gasteiger partial charge is 0.255 e. The molecule has 0 aliphatic heterocycles. The summed E-state index contributed by atoms with van der Waals surface area (Å²) in [4.78, 5) is 0. The number of hydrogen-bond donors (Lipinski definition) is 0. The van der Waals surface area contributed by atoms with Crippen LogP contribution in [0.5, 0.6) is 5.88 Å². The number of aromatic nitrogens is 1. The largest absolute Gasteiger partial charge is 0.462 e. The van der Waals surface area contributed by atoms with Crippen molar-refractivity contribution < 1.29 is 9.26 Å². The molecule has 0 saturated heterocycles. The molecule has 0 aliphatic rings. The Morgan fingerprint density at radius 2 is 2.00 bits per heavy atom. The average Bonchev–Trinajstić information content (AvgIpc) is 2.61. The van der Waals surface area contributed by atoms with Crippen LogP contribution in [0.1, 0.15) is 46.8 Å². The summed E-state index contributed by atoms with van der Waals surface area (Å²) in [6.07, 6.45) is 7.13. The van der Waals surface area contributed by atoms with Gasteiger partial charge in [0, 0.05) is 12.5 Å². The molecule has 1 heterocycles. The number of terminal acetylenes is 1. The molecule has 0 aromatic carbocycles. The molecule has 17 heavy (non-hydrogen) atoms. The lowest BCUT2D eigenvalue weighted by atomic mass is 9.91. The van der Waals surface area contributed by atoms with Crippen molar-refractivity contribution in [2.24, 2.45) is 5.41 Å². The van der Waals surface area contributed by atoms with Crippen LogP contribution in [0.15, 0.2) is 10.6 Å². The second-order valence-corrected chi connectivity index (χ2v) is 5.07. The average molecular weight is 237 g/mol. The molecule has 0 atom stereocenters. The normalized spacial score (nSPS) is 10.1. The van der Waals surface area contributed by atoms with E-state index in [2.05, 4.69) is 45.7 Å². The number of hydrogen-bond acceptors (Lipinski definition) is 3. The van der Waals surface area contributed by atoms with Gasteiger partial charge < -0.3 is 9.26 Å². The van der Waals surface area contributed by atoms with Crippen LogP contribution >= 0.6 is 0 Å². The number of rotatable bonds is 3. The predicted octanol–water partition coefficient (Wildman–Crippen LogP) is 3.69. The second kappa shape index (κ2) is 7.78. The number of ether oxygens (including phenoxy) is 1. The van der Waals surface area contributed by atoms with Crippen LogP contribution in [0, 0.1) is 17.8 Å². The van der Waals surface area contributed by atoms with Crippen molar-refractivity contribution in [2.45, 2.75) is 47.5 Å². The molecule has 0 radical (unpaired) electrons. The van der Waals surface area contributed by atoms with Crippen molar-refractivity contribution in [3.05, 3.63) is 11.8 Å². The maximum Gasteiger partial charge on any atom is 0.255 e. The van der Waals surface area contributed by atoms with E-state index in [0.717, 1.165) is 12.2 Å². The molecule has 0 amide bonds. The Bertz CT molecular complexity index is 342. The van der Waals surface area contributed by atoms with Gasteiger partial charge in [0.05, 0.1) is 0 Å². The summed E-state index contributed by atoms with van der Waals surface area (Å²) >= 11 is 0. The van der Waals surface area contributed by atoms with Gasteiger partial charge in [0.25, 0.3) is 5.88 Å². The Morgan fingerprint density at radius 1 is 1.41 bits per heavy atom. The zero-order valence-corrected chi connectivity index (χ0v) is 11.5. The summed E-state index contributed by atoms with van der Waals surface area (Å²) in [6.45, 7) is 10.9.